The molecule has 0 atom stereocenters. The van der Waals surface area contributed by atoms with Crippen molar-refractivity contribution < 1.29 is 14.3 Å². The van der Waals surface area contributed by atoms with Gasteiger partial charge in [0.05, 0.1) is 11.3 Å². The Morgan fingerprint density at radius 3 is 2.93 bits per heavy atom. The number of aromatic amines is 1. The Labute approximate surface area is 78.1 Å². The van der Waals surface area contributed by atoms with Crippen molar-refractivity contribution >= 4 is 22.6 Å². The minimum absolute atomic E-state index is 0.138. The van der Waals surface area contributed by atoms with Crippen LogP contribution in [0.15, 0.2) is 18.3 Å². The fourth-order valence-corrected chi connectivity index (χ4v) is 1.36. The number of carbonyl (C=O) groups is 1. The predicted molar refractivity (Wildman–Crippen MR) is 49.6 cm³/mol. The topological polar surface area (TPSA) is 79.1 Å². The normalized spacial score (nSPS) is 10.6. The molecule has 4 N–H and O–H groups in total. The average Bonchev–Trinajstić information content (AvgIpc) is 2.58. The van der Waals surface area contributed by atoms with Gasteiger partial charge in [-0.2, -0.15) is 0 Å². The molecular formula is C9H7FN2O2. The highest BCUT2D eigenvalue weighted by molar-refractivity contribution is 5.99. The van der Waals surface area contributed by atoms with Crippen LogP contribution in [0.5, 0.6) is 0 Å². The smallest absolute Gasteiger partial charge is 0.338 e. The van der Waals surface area contributed by atoms with Crippen LogP contribution in [0.4, 0.5) is 10.1 Å². The Morgan fingerprint density at radius 2 is 2.29 bits per heavy atom. The Bertz CT molecular complexity index is 519. The van der Waals surface area contributed by atoms with E-state index >= 15 is 0 Å². The van der Waals surface area contributed by atoms with E-state index in [1.54, 1.807) is 12.3 Å². The van der Waals surface area contributed by atoms with Crippen molar-refractivity contribution in [2.24, 2.45) is 0 Å². The number of aromatic carboxylic acids is 1. The number of halogens is 1. The molecule has 0 aliphatic heterocycles. The molecule has 0 spiro atoms. The number of fused-ring (bicyclic) bond motifs is 1. The van der Waals surface area contributed by atoms with Gasteiger partial charge in [-0.1, -0.05) is 0 Å². The number of carboxylic acids is 1. The maximum absolute atomic E-state index is 13.3. The van der Waals surface area contributed by atoms with Gasteiger partial charge in [0.2, 0.25) is 0 Å². The number of rotatable bonds is 1. The van der Waals surface area contributed by atoms with Crippen LogP contribution in [-0.4, -0.2) is 16.1 Å². The first-order chi connectivity index (χ1) is 6.61. The highest BCUT2D eigenvalue weighted by Gasteiger charge is 2.16. The third kappa shape index (κ3) is 1.02. The summed E-state index contributed by atoms with van der Waals surface area (Å²) < 4.78 is 13.3. The van der Waals surface area contributed by atoms with Crippen LogP contribution < -0.4 is 5.73 Å². The van der Waals surface area contributed by atoms with Gasteiger partial charge < -0.3 is 15.8 Å². The maximum atomic E-state index is 13.3. The number of H-pyrrole nitrogens is 1. The van der Waals surface area contributed by atoms with E-state index in [1.165, 1.54) is 6.07 Å². The quantitative estimate of drug-likeness (QED) is 0.603. The lowest BCUT2D eigenvalue weighted by Gasteiger charge is -2.02. The van der Waals surface area contributed by atoms with Gasteiger partial charge >= 0.3 is 5.97 Å². The highest BCUT2D eigenvalue weighted by atomic mass is 19.1. The molecule has 0 saturated carbocycles. The molecule has 0 radical (unpaired) electrons. The zero-order chi connectivity index (χ0) is 10.3. The second-order valence-electron chi connectivity index (χ2n) is 2.90. The van der Waals surface area contributed by atoms with Crippen LogP contribution in [0, 0.1) is 5.82 Å². The highest BCUT2D eigenvalue weighted by Crippen LogP contribution is 2.26. The number of hydrogen-bond donors (Lipinski definition) is 3. The average molecular weight is 194 g/mol. The SMILES string of the molecule is Nc1c(F)c(C(=O)O)cc2[nH]ccc12. The minimum Gasteiger partial charge on any atom is -0.478 e. The third-order valence-electron chi connectivity index (χ3n) is 2.06. The molecule has 1 aromatic carbocycles. The van der Waals surface area contributed by atoms with Gasteiger partial charge in [0, 0.05) is 17.1 Å². The number of hydrogen-bond acceptors (Lipinski definition) is 2. The van der Waals surface area contributed by atoms with Crippen molar-refractivity contribution in [2.75, 3.05) is 5.73 Å². The molecule has 14 heavy (non-hydrogen) atoms. The molecule has 0 saturated heterocycles. The first-order valence-corrected chi connectivity index (χ1v) is 3.89. The molecule has 0 amide bonds. The summed E-state index contributed by atoms with van der Waals surface area (Å²) in [6, 6.07) is 2.82. The van der Waals surface area contributed by atoms with Crippen LogP contribution in [-0.2, 0) is 0 Å². The molecule has 2 aromatic rings. The van der Waals surface area contributed by atoms with Gasteiger partial charge in [-0.25, -0.2) is 9.18 Å². The van der Waals surface area contributed by atoms with E-state index in [9.17, 15) is 9.18 Å². The molecule has 0 bridgehead atoms. The molecule has 72 valence electrons. The first-order valence-electron chi connectivity index (χ1n) is 3.89. The molecule has 4 nitrogen and oxygen atoms in total. The molecule has 1 aromatic heterocycles. The van der Waals surface area contributed by atoms with E-state index in [2.05, 4.69) is 4.98 Å². The number of nitrogens with two attached hydrogens (primary N) is 1. The number of anilines is 1. The summed E-state index contributed by atoms with van der Waals surface area (Å²) in [5.74, 6) is -2.21. The maximum Gasteiger partial charge on any atom is 0.338 e. The summed E-state index contributed by atoms with van der Waals surface area (Å²) in [4.78, 5) is 13.4. The van der Waals surface area contributed by atoms with Gasteiger partial charge in [-0.15, -0.1) is 0 Å². The molecule has 5 heteroatoms. The van der Waals surface area contributed by atoms with Gasteiger partial charge in [-0.3, -0.25) is 0 Å². The van der Waals surface area contributed by atoms with Gasteiger partial charge in [0.25, 0.3) is 0 Å². The van der Waals surface area contributed by atoms with Gasteiger partial charge in [-0.05, 0) is 12.1 Å². The number of nitrogens with one attached hydrogen (secondary N) is 1. The lowest BCUT2D eigenvalue weighted by molar-refractivity contribution is 0.0692. The predicted octanol–water partition coefficient (Wildman–Crippen LogP) is 1.59. The van der Waals surface area contributed by atoms with Crippen molar-refractivity contribution in [2.45, 2.75) is 0 Å². The Balaban J connectivity index is 2.87. The molecule has 1 heterocycles. The minimum atomic E-state index is -1.33. The third-order valence-corrected chi connectivity index (χ3v) is 2.06. The van der Waals surface area contributed by atoms with E-state index in [0.717, 1.165) is 0 Å². The van der Waals surface area contributed by atoms with E-state index < -0.39 is 17.3 Å². The van der Waals surface area contributed by atoms with Crippen molar-refractivity contribution in [1.29, 1.82) is 0 Å². The fraction of sp³-hybridized carbons (Fsp3) is 0. The van der Waals surface area contributed by atoms with Gasteiger partial charge in [0.15, 0.2) is 5.82 Å². The van der Waals surface area contributed by atoms with Crippen LogP contribution in [0.25, 0.3) is 10.9 Å². The zero-order valence-electron chi connectivity index (χ0n) is 7.04. The standard InChI is InChI=1S/C9H7FN2O2/c10-7-5(9(13)14)3-6-4(8(7)11)1-2-12-6/h1-3,12H,11H2,(H,13,14). The Hall–Kier alpha value is -2.04. The summed E-state index contributed by atoms with van der Waals surface area (Å²) >= 11 is 0. The molecule has 0 unspecified atom stereocenters. The van der Waals surface area contributed by atoms with Crippen molar-refractivity contribution in [1.82, 2.24) is 4.98 Å². The van der Waals surface area contributed by atoms with Crippen molar-refractivity contribution in [3.63, 3.8) is 0 Å². The molecular weight excluding hydrogens is 187 g/mol. The number of aromatic nitrogens is 1. The lowest BCUT2D eigenvalue weighted by Crippen LogP contribution is -2.04. The lowest BCUT2D eigenvalue weighted by atomic mass is 10.1. The first kappa shape index (κ1) is 8.55. The van der Waals surface area contributed by atoms with Crippen molar-refractivity contribution in [3.05, 3.63) is 29.7 Å². The van der Waals surface area contributed by atoms with E-state index in [4.69, 9.17) is 10.8 Å². The summed E-state index contributed by atoms with van der Waals surface area (Å²) in [6.07, 6.45) is 1.58. The summed E-state index contributed by atoms with van der Waals surface area (Å²) in [7, 11) is 0. The van der Waals surface area contributed by atoms with Crippen LogP contribution in [0.2, 0.25) is 0 Å². The number of nitrogen functional groups attached to an aromatic ring is 1. The van der Waals surface area contributed by atoms with Crippen molar-refractivity contribution in [3.8, 4) is 0 Å². The van der Waals surface area contributed by atoms with Crippen LogP contribution in [0.3, 0.4) is 0 Å². The molecule has 0 aliphatic rings. The van der Waals surface area contributed by atoms with E-state index in [1.807, 2.05) is 0 Å². The number of carboxylic acid groups (broad SMARTS) is 1. The Kier molecular flexibility index (Phi) is 1.67. The summed E-state index contributed by atoms with van der Waals surface area (Å²) in [6.45, 7) is 0. The monoisotopic (exact) mass is 194 g/mol. The van der Waals surface area contributed by atoms with Gasteiger partial charge in [0.1, 0.15) is 0 Å². The van der Waals surface area contributed by atoms with Crippen LogP contribution in [0.1, 0.15) is 10.4 Å². The fourth-order valence-electron chi connectivity index (χ4n) is 1.36. The van der Waals surface area contributed by atoms with Crippen LogP contribution >= 0.6 is 0 Å². The zero-order valence-corrected chi connectivity index (χ0v) is 7.04. The molecule has 0 aliphatic carbocycles. The molecule has 0 fully saturated rings. The summed E-state index contributed by atoms with van der Waals surface area (Å²) in [5.41, 5.74) is 5.40. The second kappa shape index (κ2) is 2.73. The van der Waals surface area contributed by atoms with E-state index in [0.29, 0.717) is 10.9 Å². The molecule has 2 rings (SSSR count). The largest absolute Gasteiger partial charge is 0.478 e. The van der Waals surface area contributed by atoms with E-state index in [-0.39, 0.29) is 5.69 Å². The second-order valence-corrected chi connectivity index (χ2v) is 2.90. The number of benzene rings is 1. The Morgan fingerprint density at radius 1 is 1.57 bits per heavy atom. The summed E-state index contributed by atoms with van der Waals surface area (Å²) in [5, 5.41) is 9.17.